The Morgan fingerprint density at radius 3 is 2.65 bits per heavy atom. The zero-order valence-corrected chi connectivity index (χ0v) is 13.8. The highest BCUT2D eigenvalue weighted by Gasteiger charge is 2.31. The van der Waals surface area contributed by atoms with E-state index >= 15 is 0 Å². The van der Waals surface area contributed by atoms with Crippen LogP contribution in [0, 0.1) is 11.3 Å². The molecule has 0 radical (unpaired) electrons. The standard InChI is InChI=1S/C16H32N4/c1-5-17-15(20-10-8-16(3,4)13-20)18-11-14-7-9-19(6-2)12-14/h14H,5-13H2,1-4H3,(H,17,18). The first-order valence-electron chi connectivity index (χ1n) is 8.29. The summed E-state index contributed by atoms with van der Waals surface area (Å²) in [6, 6.07) is 0. The largest absolute Gasteiger partial charge is 0.357 e. The number of nitrogens with one attached hydrogen (secondary N) is 1. The first-order chi connectivity index (χ1) is 9.54. The van der Waals surface area contributed by atoms with Gasteiger partial charge in [-0.3, -0.25) is 4.99 Å². The molecule has 2 heterocycles. The number of hydrogen-bond donors (Lipinski definition) is 1. The van der Waals surface area contributed by atoms with Gasteiger partial charge in [-0.2, -0.15) is 0 Å². The number of aliphatic imine (C=N–C) groups is 1. The second-order valence-corrected chi connectivity index (χ2v) is 7.08. The van der Waals surface area contributed by atoms with E-state index in [0.717, 1.165) is 38.1 Å². The van der Waals surface area contributed by atoms with Gasteiger partial charge in [0.1, 0.15) is 0 Å². The molecule has 0 amide bonds. The molecule has 2 saturated heterocycles. The quantitative estimate of drug-likeness (QED) is 0.631. The van der Waals surface area contributed by atoms with Crippen molar-refractivity contribution in [1.29, 1.82) is 0 Å². The number of guanidine groups is 1. The summed E-state index contributed by atoms with van der Waals surface area (Å²) in [5.41, 5.74) is 0.433. The molecule has 2 fully saturated rings. The van der Waals surface area contributed by atoms with E-state index in [1.165, 1.54) is 32.5 Å². The highest BCUT2D eigenvalue weighted by molar-refractivity contribution is 5.80. The van der Waals surface area contributed by atoms with Gasteiger partial charge in [0.25, 0.3) is 0 Å². The predicted octanol–water partition coefficient (Wildman–Crippen LogP) is 2.03. The molecule has 2 rings (SSSR count). The monoisotopic (exact) mass is 280 g/mol. The fourth-order valence-electron chi connectivity index (χ4n) is 3.28. The average Bonchev–Trinajstić information content (AvgIpc) is 3.00. The Hall–Kier alpha value is -0.770. The first kappa shape index (κ1) is 15.6. The van der Waals surface area contributed by atoms with Gasteiger partial charge in [0.05, 0.1) is 0 Å². The molecule has 0 spiro atoms. The molecular weight excluding hydrogens is 248 g/mol. The summed E-state index contributed by atoms with van der Waals surface area (Å²) in [5.74, 6) is 1.88. The van der Waals surface area contributed by atoms with E-state index in [-0.39, 0.29) is 0 Å². The van der Waals surface area contributed by atoms with Gasteiger partial charge in [-0.1, -0.05) is 20.8 Å². The topological polar surface area (TPSA) is 30.9 Å². The van der Waals surface area contributed by atoms with Crippen LogP contribution in [-0.2, 0) is 0 Å². The number of hydrogen-bond acceptors (Lipinski definition) is 2. The van der Waals surface area contributed by atoms with Crippen LogP contribution >= 0.6 is 0 Å². The molecular formula is C16H32N4. The molecule has 2 aliphatic heterocycles. The molecule has 4 nitrogen and oxygen atoms in total. The van der Waals surface area contributed by atoms with E-state index in [0.29, 0.717) is 5.41 Å². The fourth-order valence-corrected chi connectivity index (χ4v) is 3.28. The summed E-state index contributed by atoms with van der Waals surface area (Å²) in [6.45, 7) is 17.0. The Bertz CT molecular complexity index is 337. The number of rotatable bonds is 4. The predicted molar refractivity (Wildman–Crippen MR) is 86.2 cm³/mol. The molecule has 1 unspecified atom stereocenters. The van der Waals surface area contributed by atoms with E-state index in [1.807, 2.05) is 0 Å². The molecule has 0 aliphatic carbocycles. The summed E-state index contributed by atoms with van der Waals surface area (Å²) >= 11 is 0. The lowest BCUT2D eigenvalue weighted by Crippen LogP contribution is -2.41. The van der Waals surface area contributed by atoms with Crippen LogP contribution < -0.4 is 5.32 Å². The van der Waals surface area contributed by atoms with Gasteiger partial charge in [-0.05, 0) is 44.2 Å². The number of likely N-dealkylation sites (tertiary alicyclic amines) is 2. The summed E-state index contributed by atoms with van der Waals surface area (Å²) in [4.78, 5) is 9.89. The lowest BCUT2D eigenvalue weighted by Gasteiger charge is -2.24. The lowest BCUT2D eigenvalue weighted by molar-refractivity contribution is 0.343. The highest BCUT2D eigenvalue weighted by Crippen LogP contribution is 2.28. The van der Waals surface area contributed by atoms with Crippen LogP contribution in [0.5, 0.6) is 0 Å². The van der Waals surface area contributed by atoms with Crippen molar-refractivity contribution in [1.82, 2.24) is 15.1 Å². The third-order valence-corrected chi connectivity index (χ3v) is 4.63. The molecule has 0 aromatic rings. The van der Waals surface area contributed by atoms with Gasteiger partial charge in [0.15, 0.2) is 5.96 Å². The molecule has 0 bridgehead atoms. The van der Waals surface area contributed by atoms with Gasteiger partial charge in [0.2, 0.25) is 0 Å². The van der Waals surface area contributed by atoms with Crippen LogP contribution in [0.1, 0.15) is 40.5 Å². The molecule has 1 atom stereocenters. The maximum Gasteiger partial charge on any atom is 0.193 e. The van der Waals surface area contributed by atoms with Gasteiger partial charge in [0, 0.05) is 32.7 Å². The normalized spacial score (nSPS) is 27.3. The van der Waals surface area contributed by atoms with Crippen molar-refractivity contribution in [3.05, 3.63) is 0 Å². The van der Waals surface area contributed by atoms with Crippen molar-refractivity contribution < 1.29 is 0 Å². The van der Waals surface area contributed by atoms with Crippen LogP contribution in [0.2, 0.25) is 0 Å². The van der Waals surface area contributed by atoms with Crippen LogP contribution in [0.15, 0.2) is 4.99 Å². The van der Waals surface area contributed by atoms with Crippen molar-refractivity contribution >= 4 is 5.96 Å². The molecule has 20 heavy (non-hydrogen) atoms. The minimum absolute atomic E-state index is 0.433. The van der Waals surface area contributed by atoms with E-state index in [9.17, 15) is 0 Å². The Kier molecular flexibility index (Phi) is 5.30. The smallest absolute Gasteiger partial charge is 0.193 e. The Balaban J connectivity index is 1.90. The van der Waals surface area contributed by atoms with Crippen LogP contribution in [0.4, 0.5) is 0 Å². The third-order valence-electron chi connectivity index (χ3n) is 4.63. The summed E-state index contributed by atoms with van der Waals surface area (Å²) < 4.78 is 0. The van der Waals surface area contributed by atoms with Gasteiger partial charge >= 0.3 is 0 Å². The Morgan fingerprint density at radius 2 is 2.10 bits per heavy atom. The van der Waals surface area contributed by atoms with Gasteiger partial charge in [-0.25, -0.2) is 0 Å². The zero-order chi connectivity index (χ0) is 14.6. The minimum Gasteiger partial charge on any atom is -0.357 e. The molecule has 0 aromatic heterocycles. The number of nitrogens with zero attached hydrogens (tertiary/aromatic N) is 3. The molecule has 4 heteroatoms. The maximum atomic E-state index is 4.92. The highest BCUT2D eigenvalue weighted by atomic mass is 15.3. The molecule has 2 aliphatic rings. The SMILES string of the molecule is CCNC(=NCC1CCN(CC)C1)N1CCC(C)(C)C1. The molecule has 0 saturated carbocycles. The molecule has 0 aromatic carbocycles. The summed E-state index contributed by atoms with van der Waals surface area (Å²) in [5, 5.41) is 3.47. The first-order valence-corrected chi connectivity index (χ1v) is 8.29. The second-order valence-electron chi connectivity index (χ2n) is 7.08. The van der Waals surface area contributed by atoms with Crippen molar-refractivity contribution in [3.8, 4) is 0 Å². The van der Waals surface area contributed by atoms with E-state index < -0.39 is 0 Å². The van der Waals surface area contributed by atoms with Crippen molar-refractivity contribution in [2.45, 2.75) is 40.5 Å². The van der Waals surface area contributed by atoms with Gasteiger partial charge < -0.3 is 15.1 Å². The van der Waals surface area contributed by atoms with Crippen molar-refractivity contribution in [3.63, 3.8) is 0 Å². The Morgan fingerprint density at radius 1 is 1.30 bits per heavy atom. The van der Waals surface area contributed by atoms with Crippen LogP contribution in [-0.4, -0.2) is 61.6 Å². The molecule has 1 N–H and O–H groups in total. The lowest BCUT2D eigenvalue weighted by atomic mass is 9.93. The van der Waals surface area contributed by atoms with E-state index in [2.05, 4.69) is 42.8 Å². The van der Waals surface area contributed by atoms with Crippen LogP contribution in [0.25, 0.3) is 0 Å². The van der Waals surface area contributed by atoms with E-state index in [4.69, 9.17) is 4.99 Å². The van der Waals surface area contributed by atoms with Crippen molar-refractivity contribution in [2.24, 2.45) is 16.3 Å². The van der Waals surface area contributed by atoms with Gasteiger partial charge in [-0.15, -0.1) is 0 Å². The third kappa shape index (κ3) is 4.11. The maximum absolute atomic E-state index is 4.92. The summed E-state index contributed by atoms with van der Waals surface area (Å²) in [7, 11) is 0. The second kappa shape index (κ2) is 6.79. The van der Waals surface area contributed by atoms with E-state index in [1.54, 1.807) is 0 Å². The van der Waals surface area contributed by atoms with Crippen molar-refractivity contribution in [2.75, 3.05) is 45.8 Å². The fraction of sp³-hybridized carbons (Fsp3) is 0.938. The summed E-state index contributed by atoms with van der Waals surface area (Å²) in [6.07, 6.45) is 2.58. The zero-order valence-electron chi connectivity index (χ0n) is 13.8. The average molecular weight is 280 g/mol. The van der Waals surface area contributed by atoms with Crippen LogP contribution in [0.3, 0.4) is 0 Å². The minimum atomic E-state index is 0.433. The molecule has 116 valence electrons. The Labute approximate surface area is 124 Å².